The number of amides is 1. The number of halogens is 1. The van der Waals surface area contributed by atoms with Gasteiger partial charge in [0.05, 0.1) is 0 Å². The van der Waals surface area contributed by atoms with Crippen LogP contribution in [0.3, 0.4) is 0 Å². The van der Waals surface area contributed by atoms with Crippen LogP contribution in [0.5, 0.6) is 0 Å². The van der Waals surface area contributed by atoms with E-state index in [2.05, 4.69) is 10.3 Å². The van der Waals surface area contributed by atoms with Gasteiger partial charge < -0.3 is 9.73 Å². The summed E-state index contributed by atoms with van der Waals surface area (Å²) in [4.78, 5) is 16.2. The second kappa shape index (κ2) is 8.15. The standard InChI is InChI=1S/C20H14ClN3O2/c21-17-5-3-15(4-6-17)19-8-7-18(26-19)10-16(11-22)20(25)24-13-14-2-1-9-23-12-14/h1-10,12H,13H2,(H,24,25). The summed E-state index contributed by atoms with van der Waals surface area (Å²) in [7, 11) is 0. The predicted octanol–water partition coefficient (Wildman–Crippen LogP) is 4.22. The van der Waals surface area contributed by atoms with Crippen LogP contribution in [0.25, 0.3) is 17.4 Å². The van der Waals surface area contributed by atoms with E-state index in [1.54, 1.807) is 42.7 Å². The molecule has 0 saturated heterocycles. The lowest BCUT2D eigenvalue weighted by Crippen LogP contribution is -2.23. The highest BCUT2D eigenvalue weighted by atomic mass is 35.5. The normalized spacial score (nSPS) is 11.0. The molecule has 0 atom stereocenters. The average molecular weight is 364 g/mol. The van der Waals surface area contributed by atoms with Gasteiger partial charge in [0.2, 0.25) is 0 Å². The summed E-state index contributed by atoms with van der Waals surface area (Å²) >= 11 is 5.88. The zero-order valence-electron chi connectivity index (χ0n) is 13.6. The molecule has 1 aromatic carbocycles. The van der Waals surface area contributed by atoms with E-state index in [1.807, 2.05) is 24.3 Å². The van der Waals surface area contributed by atoms with Gasteiger partial charge in [0.15, 0.2) is 0 Å². The SMILES string of the molecule is N#CC(=Cc1ccc(-c2ccc(Cl)cc2)o1)C(=O)NCc1cccnc1. The van der Waals surface area contributed by atoms with Crippen molar-refractivity contribution in [2.75, 3.05) is 0 Å². The van der Waals surface area contributed by atoms with Crippen LogP contribution < -0.4 is 5.32 Å². The molecule has 26 heavy (non-hydrogen) atoms. The van der Waals surface area contributed by atoms with Gasteiger partial charge in [-0.15, -0.1) is 0 Å². The molecule has 0 unspecified atom stereocenters. The zero-order chi connectivity index (χ0) is 18.4. The molecule has 5 nitrogen and oxygen atoms in total. The molecule has 0 bridgehead atoms. The molecule has 0 aliphatic rings. The second-order valence-electron chi connectivity index (χ2n) is 5.42. The third kappa shape index (κ3) is 4.38. The first-order chi connectivity index (χ1) is 12.7. The summed E-state index contributed by atoms with van der Waals surface area (Å²) in [5.41, 5.74) is 1.67. The Morgan fingerprint density at radius 1 is 1.23 bits per heavy atom. The highest BCUT2D eigenvalue weighted by molar-refractivity contribution is 6.30. The fourth-order valence-electron chi connectivity index (χ4n) is 2.27. The van der Waals surface area contributed by atoms with Crippen LogP contribution in [0.1, 0.15) is 11.3 Å². The Morgan fingerprint density at radius 2 is 2.04 bits per heavy atom. The summed E-state index contributed by atoms with van der Waals surface area (Å²) in [5.74, 6) is 0.574. The Bertz CT molecular complexity index is 970. The van der Waals surface area contributed by atoms with E-state index >= 15 is 0 Å². The number of nitrogens with zero attached hydrogens (tertiary/aromatic N) is 2. The first-order valence-electron chi connectivity index (χ1n) is 7.80. The molecule has 0 saturated carbocycles. The summed E-state index contributed by atoms with van der Waals surface area (Å²) < 4.78 is 5.69. The van der Waals surface area contributed by atoms with Gasteiger partial charge in [-0.25, -0.2) is 0 Å². The highest BCUT2D eigenvalue weighted by Crippen LogP contribution is 2.24. The van der Waals surface area contributed by atoms with Crippen LogP contribution in [-0.4, -0.2) is 10.9 Å². The smallest absolute Gasteiger partial charge is 0.262 e. The van der Waals surface area contributed by atoms with E-state index in [4.69, 9.17) is 16.0 Å². The van der Waals surface area contributed by atoms with Crippen LogP contribution >= 0.6 is 11.6 Å². The van der Waals surface area contributed by atoms with Crippen molar-refractivity contribution >= 4 is 23.6 Å². The van der Waals surface area contributed by atoms with Crippen LogP contribution in [0.15, 0.2) is 70.9 Å². The highest BCUT2D eigenvalue weighted by Gasteiger charge is 2.11. The third-order valence-corrected chi connectivity index (χ3v) is 3.84. The molecule has 0 aliphatic carbocycles. The molecule has 0 radical (unpaired) electrons. The molecule has 128 valence electrons. The van der Waals surface area contributed by atoms with E-state index < -0.39 is 5.91 Å². The number of pyridine rings is 1. The van der Waals surface area contributed by atoms with Crippen molar-refractivity contribution in [2.45, 2.75) is 6.54 Å². The molecular formula is C20H14ClN3O2. The largest absolute Gasteiger partial charge is 0.457 e. The number of benzene rings is 1. The summed E-state index contributed by atoms with van der Waals surface area (Å²) in [6.45, 7) is 0.292. The number of aromatic nitrogens is 1. The number of hydrogen-bond donors (Lipinski definition) is 1. The number of rotatable bonds is 5. The zero-order valence-corrected chi connectivity index (χ0v) is 14.4. The van der Waals surface area contributed by atoms with Crippen molar-refractivity contribution in [2.24, 2.45) is 0 Å². The number of nitrogens with one attached hydrogen (secondary N) is 1. The van der Waals surface area contributed by atoms with Gasteiger partial charge in [0, 0.05) is 35.6 Å². The molecule has 2 aromatic heterocycles. The van der Waals surface area contributed by atoms with Gasteiger partial charge in [-0.2, -0.15) is 5.26 Å². The Hall–Kier alpha value is -3.36. The van der Waals surface area contributed by atoms with Crippen molar-refractivity contribution in [1.82, 2.24) is 10.3 Å². The second-order valence-corrected chi connectivity index (χ2v) is 5.86. The Morgan fingerprint density at radius 3 is 2.73 bits per heavy atom. The lowest BCUT2D eigenvalue weighted by Gasteiger charge is -2.03. The third-order valence-electron chi connectivity index (χ3n) is 3.58. The summed E-state index contributed by atoms with van der Waals surface area (Å²) in [6, 6.07) is 16.2. The van der Waals surface area contributed by atoms with Crippen LogP contribution in [0.2, 0.25) is 5.02 Å². The first kappa shape index (κ1) is 17.5. The quantitative estimate of drug-likeness (QED) is 0.543. The monoisotopic (exact) mass is 363 g/mol. The van der Waals surface area contributed by atoms with E-state index in [0.717, 1.165) is 11.1 Å². The topological polar surface area (TPSA) is 78.9 Å². The fourth-order valence-corrected chi connectivity index (χ4v) is 2.40. The van der Waals surface area contributed by atoms with Crippen molar-refractivity contribution in [3.8, 4) is 17.4 Å². The molecule has 2 heterocycles. The van der Waals surface area contributed by atoms with Crippen LogP contribution in [-0.2, 0) is 11.3 Å². The van der Waals surface area contributed by atoms with Crippen molar-refractivity contribution in [3.05, 3.63) is 82.8 Å². The number of nitriles is 1. The van der Waals surface area contributed by atoms with Gasteiger partial charge in [0.25, 0.3) is 5.91 Å². The molecule has 3 rings (SSSR count). The van der Waals surface area contributed by atoms with Gasteiger partial charge in [-0.05, 0) is 48.0 Å². The van der Waals surface area contributed by atoms with Gasteiger partial charge >= 0.3 is 0 Å². The molecule has 6 heteroatoms. The maximum absolute atomic E-state index is 12.2. The van der Waals surface area contributed by atoms with Gasteiger partial charge in [0.1, 0.15) is 23.2 Å². The summed E-state index contributed by atoms with van der Waals surface area (Å²) in [5, 5.41) is 12.6. The van der Waals surface area contributed by atoms with Crippen LogP contribution in [0, 0.1) is 11.3 Å². The number of furan rings is 1. The number of hydrogen-bond acceptors (Lipinski definition) is 4. The minimum absolute atomic E-state index is 0.0362. The van der Waals surface area contributed by atoms with E-state index in [9.17, 15) is 10.1 Å². The molecule has 1 N–H and O–H groups in total. The molecular weight excluding hydrogens is 350 g/mol. The minimum atomic E-state index is -0.471. The fraction of sp³-hybridized carbons (Fsp3) is 0.0500. The van der Waals surface area contributed by atoms with Crippen molar-refractivity contribution < 1.29 is 9.21 Å². The van der Waals surface area contributed by atoms with Gasteiger partial charge in [-0.1, -0.05) is 17.7 Å². The molecule has 0 spiro atoms. The Balaban J connectivity index is 1.71. The Kier molecular flexibility index (Phi) is 5.47. The predicted molar refractivity (Wildman–Crippen MR) is 98.8 cm³/mol. The molecule has 0 aliphatic heterocycles. The molecule has 0 fully saturated rings. The maximum atomic E-state index is 12.2. The average Bonchev–Trinajstić information content (AvgIpc) is 3.14. The van der Waals surface area contributed by atoms with Crippen molar-refractivity contribution in [1.29, 1.82) is 5.26 Å². The summed E-state index contributed by atoms with van der Waals surface area (Å²) in [6.07, 6.45) is 4.72. The lowest BCUT2D eigenvalue weighted by molar-refractivity contribution is -0.117. The van der Waals surface area contributed by atoms with Gasteiger partial charge in [-0.3, -0.25) is 9.78 Å². The van der Waals surface area contributed by atoms with Crippen molar-refractivity contribution in [3.63, 3.8) is 0 Å². The number of carbonyl (C=O) groups excluding carboxylic acids is 1. The van der Waals surface area contributed by atoms with E-state index in [0.29, 0.717) is 23.1 Å². The maximum Gasteiger partial charge on any atom is 0.262 e. The lowest BCUT2D eigenvalue weighted by atomic mass is 10.2. The van der Waals surface area contributed by atoms with E-state index in [-0.39, 0.29) is 5.57 Å². The Labute approximate surface area is 155 Å². The van der Waals surface area contributed by atoms with Crippen LogP contribution in [0.4, 0.5) is 0 Å². The van der Waals surface area contributed by atoms with E-state index in [1.165, 1.54) is 6.08 Å². The number of carbonyl (C=O) groups is 1. The first-order valence-corrected chi connectivity index (χ1v) is 8.18. The minimum Gasteiger partial charge on any atom is -0.457 e. The molecule has 1 amide bonds. The molecule has 3 aromatic rings.